The van der Waals surface area contributed by atoms with Crippen molar-refractivity contribution < 1.29 is 4.39 Å². The normalized spacial score (nSPS) is 16.2. The zero-order valence-electron chi connectivity index (χ0n) is 7.38. The van der Waals surface area contributed by atoms with Crippen LogP contribution in [0.1, 0.15) is 24.3 Å². The molecule has 0 radical (unpaired) electrons. The molecule has 1 aliphatic rings. The van der Waals surface area contributed by atoms with Gasteiger partial charge in [-0.25, -0.2) is 0 Å². The number of nitrogens with zero attached hydrogens (tertiary/aromatic N) is 1. The van der Waals surface area contributed by atoms with E-state index >= 15 is 0 Å². The first-order chi connectivity index (χ1) is 6.11. The standard InChI is InChI=1S/C9H11FN2O/c1-12-8(10)6(5-2-3-5)4-7(11)9(12)13/h4-5H,2-3,11H2,1H3. The second kappa shape index (κ2) is 2.58. The van der Waals surface area contributed by atoms with Crippen LogP contribution in [0.3, 0.4) is 0 Å². The quantitative estimate of drug-likeness (QED) is 0.658. The molecule has 2 rings (SSSR count). The Bertz CT molecular complexity index is 407. The van der Waals surface area contributed by atoms with E-state index in [2.05, 4.69) is 0 Å². The van der Waals surface area contributed by atoms with Crippen molar-refractivity contribution in [1.82, 2.24) is 4.57 Å². The van der Waals surface area contributed by atoms with Gasteiger partial charge in [-0.15, -0.1) is 0 Å². The Labute approximate surface area is 75.0 Å². The molecule has 1 aromatic rings. The van der Waals surface area contributed by atoms with E-state index in [0.29, 0.717) is 5.56 Å². The average molecular weight is 182 g/mol. The molecule has 13 heavy (non-hydrogen) atoms. The Kier molecular flexibility index (Phi) is 1.65. The summed E-state index contributed by atoms with van der Waals surface area (Å²) in [7, 11) is 1.40. The molecule has 1 aliphatic carbocycles. The van der Waals surface area contributed by atoms with Gasteiger partial charge >= 0.3 is 0 Å². The van der Waals surface area contributed by atoms with Crippen LogP contribution >= 0.6 is 0 Å². The molecular formula is C9H11FN2O. The number of hydrogen-bond donors (Lipinski definition) is 1. The van der Waals surface area contributed by atoms with Gasteiger partial charge in [-0.2, -0.15) is 4.39 Å². The summed E-state index contributed by atoms with van der Waals surface area (Å²) in [6.45, 7) is 0. The van der Waals surface area contributed by atoms with Crippen LogP contribution in [0.5, 0.6) is 0 Å². The molecule has 2 N–H and O–H groups in total. The van der Waals surface area contributed by atoms with Crippen molar-refractivity contribution in [3.8, 4) is 0 Å². The fourth-order valence-corrected chi connectivity index (χ4v) is 1.45. The van der Waals surface area contributed by atoms with E-state index in [1.165, 1.54) is 13.1 Å². The molecule has 4 heteroatoms. The van der Waals surface area contributed by atoms with Gasteiger partial charge in [0.25, 0.3) is 5.56 Å². The molecule has 0 unspecified atom stereocenters. The Morgan fingerprint density at radius 1 is 1.62 bits per heavy atom. The van der Waals surface area contributed by atoms with Crippen LogP contribution in [0, 0.1) is 5.95 Å². The highest BCUT2D eigenvalue weighted by molar-refractivity contribution is 5.40. The molecule has 0 amide bonds. The van der Waals surface area contributed by atoms with Gasteiger partial charge in [0.15, 0.2) is 5.95 Å². The van der Waals surface area contributed by atoms with Gasteiger partial charge in [0.05, 0.1) is 5.69 Å². The van der Waals surface area contributed by atoms with Gasteiger partial charge in [-0.3, -0.25) is 9.36 Å². The monoisotopic (exact) mass is 182 g/mol. The fourth-order valence-electron chi connectivity index (χ4n) is 1.45. The first kappa shape index (κ1) is 8.29. The third-order valence-electron chi connectivity index (χ3n) is 2.41. The number of halogens is 1. The summed E-state index contributed by atoms with van der Waals surface area (Å²) in [5.41, 5.74) is 5.71. The highest BCUT2D eigenvalue weighted by atomic mass is 19.1. The van der Waals surface area contributed by atoms with Crippen LogP contribution in [0.25, 0.3) is 0 Å². The summed E-state index contributed by atoms with van der Waals surface area (Å²) < 4.78 is 14.4. The lowest BCUT2D eigenvalue weighted by molar-refractivity contribution is 0.503. The van der Waals surface area contributed by atoms with Crippen molar-refractivity contribution >= 4 is 5.69 Å². The molecule has 0 aromatic carbocycles. The van der Waals surface area contributed by atoms with Gasteiger partial charge in [-0.1, -0.05) is 0 Å². The van der Waals surface area contributed by atoms with E-state index in [1.54, 1.807) is 0 Å². The minimum atomic E-state index is -0.457. The molecule has 0 bridgehead atoms. The van der Waals surface area contributed by atoms with Gasteiger partial charge < -0.3 is 5.73 Å². The first-order valence-corrected chi connectivity index (χ1v) is 4.26. The van der Waals surface area contributed by atoms with Crippen molar-refractivity contribution in [3.05, 3.63) is 27.9 Å². The third-order valence-corrected chi connectivity index (χ3v) is 2.41. The molecule has 1 saturated carbocycles. The van der Waals surface area contributed by atoms with E-state index in [-0.39, 0.29) is 11.6 Å². The number of aromatic nitrogens is 1. The lowest BCUT2D eigenvalue weighted by Crippen LogP contribution is -2.23. The van der Waals surface area contributed by atoms with Gasteiger partial charge in [-0.05, 0) is 24.8 Å². The zero-order chi connectivity index (χ0) is 9.59. The van der Waals surface area contributed by atoms with Crippen LogP contribution in [0.15, 0.2) is 10.9 Å². The van der Waals surface area contributed by atoms with Gasteiger partial charge in [0, 0.05) is 12.6 Å². The number of pyridine rings is 1. The zero-order valence-corrected chi connectivity index (χ0v) is 7.38. The lowest BCUT2D eigenvalue weighted by atomic mass is 10.1. The highest BCUT2D eigenvalue weighted by Gasteiger charge is 2.28. The van der Waals surface area contributed by atoms with Crippen molar-refractivity contribution in [1.29, 1.82) is 0 Å². The number of nitrogen functional groups attached to an aromatic ring is 1. The Hall–Kier alpha value is -1.32. The highest BCUT2D eigenvalue weighted by Crippen LogP contribution is 2.41. The number of hydrogen-bond acceptors (Lipinski definition) is 2. The van der Waals surface area contributed by atoms with Crippen molar-refractivity contribution in [3.63, 3.8) is 0 Å². The third kappa shape index (κ3) is 1.22. The smallest absolute Gasteiger partial charge is 0.275 e. The molecular weight excluding hydrogens is 171 g/mol. The summed E-state index contributed by atoms with van der Waals surface area (Å²) in [5.74, 6) is -0.171. The summed E-state index contributed by atoms with van der Waals surface area (Å²) in [6.07, 6.45) is 1.99. The van der Waals surface area contributed by atoms with Crippen LogP contribution in [-0.4, -0.2) is 4.57 Å². The number of nitrogens with two attached hydrogens (primary N) is 1. The molecule has 1 heterocycles. The Morgan fingerprint density at radius 2 is 2.23 bits per heavy atom. The summed E-state index contributed by atoms with van der Waals surface area (Å²) in [6, 6.07) is 1.47. The van der Waals surface area contributed by atoms with Crippen LogP contribution in [0.4, 0.5) is 10.1 Å². The van der Waals surface area contributed by atoms with Gasteiger partial charge in [0.1, 0.15) is 0 Å². The van der Waals surface area contributed by atoms with Crippen LogP contribution in [0.2, 0.25) is 0 Å². The molecule has 0 spiro atoms. The number of anilines is 1. The molecule has 0 saturated heterocycles. The molecule has 70 valence electrons. The predicted molar refractivity (Wildman–Crippen MR) is 48.0 cm³/mol. The molecule has 1 fully saturated rings. The van der Waals surface area contributed by atoms with Crippen molar-refractivity contribution in [2.24, 2.45) is 7.05 Å². The summed E-state index contributed by atoms with van der Waals surface area (Å²) >= 11 is 0. The summed E-state index contributed by atoms with van der Waals surface area (Å²) in [4.78, 5) is 11.2. The van der Waals surface area contributed by atoms with Gasteiger partial charge in [0.2, 0.25) is 0 Å². The predicted octanol–water partition coefficient (Wildman–Crippen LogP) is 0.984. The average Bonchev–Trinajstić information content (AvgIpc) is 2.91. The molecule has 0 aliphatic heterocycles. The largest absolute Gasteiger partial charge is 0.394 e. The molecule has 0 atom stereocenters. The maximum absolute atomic E-state index is 13.4. The minimum absolute atomic E-state index is 0.130. The van der Waals surface area contributed by atoms with E-state index in [9.17, 15) is 9.18 Å². The maximum atomic E-state index is 13.4. The number of rotatable bonds is 1. The lowest BCUT2D eigenvalue weighted by Gasteiger charge is -2.06. The first-order valence-electron chi connectivity index (χ1n) is 4.26. The van der Waals surface area contributed by atoms with Crippen LogP contribution in [-0.2, 0) is 7.05 Å². The summed E-state index contributed by atoms with van der Waals surface area (Å²) in [5, 5.41) is 0. The Balaban J connectivity index is 2.64. The fraction of sp³-hybridized carbons (Fsp3) is 0.444. The second-order valence-corrected chi connectivity index (χ2v) is 3.48. The van der Waals surface area contributed by atoms with E-state index in [0.717, 1.165) is 17.4 Å². The van der Waals surface area contributed by atoms with E-state index in [1.807, 2.05) is 0 Å². The van der Waals surface area contributed by atoms with Crippen LogP contribution < -0.4 is 11.3 Å². The SMILES string of the molecule is Cn1c(F)c(C2CC2)cc(N)c1=O. The maximum Gasteiger partial charge on any atom is 0.275 e. The topological polar surface area (TPSA) is 48.0 Å². The second-order valence-electron chi connectivity index (χ2n) is 3.48. The molecule has 3 nitrogen and oxygen atoms in total. The minimum Gasteiger partial charge on any atom is -0.394 e. The van der Waals surface area contributed by atoms with Crippen molar-refractivity contribution in [2.75, 3.05) is 5.73 Å². The Morgan fingerprint density at radius 3 is 2.77 bits per heavy atom. The molecule has 1 aromatic heterocycles. The van der Waals surface area contributed by atoms with E-state index in [4.69, 9.17) is 5.73 Å². The van der Waals surface area contributed by atoms with Crippen molar-refractivity contribution in [2.45, 2.75) is 18.8 Å². The van der Waals surface area contributed by atoms with E-state index < -0.39 is 11.5 Å².